The van der Waals surface area contributed by atoms with Gasteiger partial charge in [-0.1, -0.05) is 23.7 Å². The van der Waals surface area contributed by atoms with Gasteiger partial charge in [-0.25, -0.2) is 0 Å². The molecule has 1 amide bonds. The summed E-state index contributed by atoms with van der Waals surface area (Å²) in [6, 6.07) is 11.4. The van der Waals surface area contributed by atoms with Gasteiger partial charge in [0.2, 0.25) is 0 Å². The van der Waals surface area contributed by atoms with Gasteiger partial charge in [-0.2, -0.15) is 0 Å². The van der Waals surface area contributed by atoms with Crippen molar-refractivity contribution in [2.45, 2.75) is 26.1 Å². The molecule has 0 saturated heterocycles. The first kappa shape index (κ1) is 17.8. The van der Waals surface area contributed by atoms with Gasteiger partial charge < -0.3 is 20.0 Å². The van der Waals surface area contributed by atoms with E-state index in [1.807, 2.05) is 36.4 Å². The molecule has 28 heavy (non-hydrogen) atoms. The first-order valence-electron chi connectivity index (χ1n) is 9.53. The molecule has 3 aromatic rings. The maximum absolute atomic E-state index is 12.9. The zero-order valence-electron chi connectivity index (χ0n) is 15.5. The Morgan fingerprint density at radius 3 is 3.00 bits per heavy atom. The topological polar surface area (TPSA) is 58.7 Å². The lowest BCUT2D eigenvalue weighted by molar-refractivity contribution is -0.913. The molecule has 1 aromatic carbocycles. The molecule has 5 nitrogen and oxygen atoms in total. The Morgan fingerprint density at radius 2 is 2.18 bits per heavy atom. The fraction of sp³-hybridized carbons (Fsp3) is 0.286. The number of amides is 1. The molecular weight excluding hydrogens is 394 g/mol. The summed E-state index contributed by atoms with van der Waals surface area (Å²) in [4.78, 5) is 15.8. The van der Waals surface area contributed by atoms with Crippen molar-refractivity contribution in [3.8, 4) is 11.3 Å². The van der Waals surface area contributed by atoms with Crippen molar-refractivity contribution in [3.05, 3.63) is 63.2 Å². The van der Waals surface area contributed by atoms with E-state index in [1.54, 1.807) is 16.2 Å². The molecule has 7 heteroatoms. The van der Waals surface area contributed by atoms with Gasteiger partial charge in [0.05, 0.1) is 23.5 Å². The van der Waals surface area contributed by atoms with Crippen LogP contribution in [-0.2, 0) is 13.0 Å². The monoisotopic (exact) mass is 414 g/mol. The molecule has 0 radical (unpaired) electrons. The zero-order valence-corrected chi connectivity index (χ0v) is 17.0. The molecular formula is C21H21ClN3O2S+. The van der Waals surface area contributed by atoms with Crippen LogP contribution in [0, 0.1) is 0 Å². The predicted molar refractivity (Wildman–Crippen MR) is 111 cm³/mol. The Bertz CT molecular complexity index is 1060. The van der Waals surface area contributed by atoms with Gasteiger partial charge in [-0.05, 0) is 36.8 Å². The van der Waals surface area contributed by atoms with Crippen molar-refractivity contribution in [2.75, 3.05) is 18.4 Å². The first-order valence-corrected chi connectivity index (χ1v) is 10.7. The van der Waals surface area contributed by atoms with Gasteiger partial charge in [-0.3, -0.25) is 4.79 Å². The number of quaternary nitrogens is 1. The number of anilines is 1. The molecule has 0 fully saturated rings. The highest BCUT2D eigenvalue weighted by molar-refractivity contribution is 7.16. The summed E-state index contributed by atoms with van der Waals surface area (Å²) in [6.07, 6.45) is 0.590. The molecule has 0 saturated carbocycles. The van der Waals surface area contributed by atoms with Crippen molar-refractivity contribution >= 4 is 33.8 Å². The van der Waals surface area contributed by atoms with Crippen LogP contribution in [0.4, 0.5) is 5.00 Å². The number of benzene rings is 1. The van der Waals surface area contributed by atoms with Gasteiger partial charge in [0, 0.05) is 17.0 Å². The second-order valence-corrected chi connectivity index (χ2v) is 8.79. The fourth-order valence-corrected chi connectivity index (χ4v) is 5.53. The van der Waals surface area contributed by atoms with Gasteiger partial charge in [-0.15, -0.1) is 11.3 Å². The minimum absolute atomic E-state index is 0.0168. The van der Waals surface area contributed by atoms with Crippen LogP contribution in [0.5, 0.6) is 0 Å². The van der Waals surface area contributed by atoms with E-state index in [2.05, 4.69) is 17.6 Å². The highest BCUT2D eigenvalue weighted by Gasteiger charge is 2.35. The van der Waals surface area contributed by atoms with E-state index in [0.29, 0.717) is 10.8 Å². The molecule has 0 aliphatic carbocycles. The van der Waals surface area contributed by atoms with Crippen molar-refractivity contribution in [1.82, 2.24) is 5.32 Å². The average Bonchev–Trinajstić information content (AvgIpc) is 3.32. The number of hydrogen-bond donors (Lipinski definition) is 3. The van der Waals surface area contributed by atoms with E-state index in [9.17, 15) is 4.79 Å². The second kappa shape index (κ2) is 6.95. The second-order valence-electron chi connectivity index (χ2n) is 7.25. The fourth-order valence-electron chi connectivity index (χ4n) is 4.00. The van der Waals surface area contributed by atoms with E-state index in [-0.39, 0.29) is 12.1 Å². The van der Waals surface area contributed by atoms with E-state index in [1.165, 1.54) is 10.4 Å². The minimum Gasteiger partial charge on any atom is -0.457 e. The van der Waals surface area contributed by atoms with Gasteiger partial charge in [0.15, 0.2) is 6.17 Å². The molecule has 4 heterocycles. The molecule has 2 atom stereocenters. The van der Waals surface area contributed by atoms with Gasteiger partial charge >= 0.3 is 0 Å². The Labute approximate surface area is 172 Å². The number of likely N-dealkylation sites (N-methyl/N-ethyl adjacent to an activating group) is 1. The highest BCUT2D eigenvalue weighted by Crippen LogP contribution is 2.39. The molecule has 0 bridgehead atoms. The van der Waals surface area contributed by atoms with Crippen LogP contribution in [0.3, 0.4) is 0 Å². The average molecular weight is 415 g/mol. The number of carbonyl (C=O) groups excluding carboxylic acids is 1. The summed E-state index contributed by atoms with van der Waals surface area (Å²) >= 11 is 7.80. The van der Waals surface area contributed by atoms with Crippen LogP contribution in [0.15, 0.2) is 40.8 Å². The summed E-state index contributed by atoms with van der Waals surface area (Å²) in [5, 5.41) is 8.14. The van der Waals surface area contributed by atoms with Crippen LogP contribution in [0.1, 0.15) is 39.6 Å². The number of hydrogen-bond acceptors (Lipinski definition) is 4. The normalized spacial score (nSPS) is 20.9. The maximum Gasteiger partial charge on any atom is 0.256 e. The molecule has 2 aromatic heterocycles. The Hall–Kier alpha value is -2.28. The van der Waals surface area contributed by atoms with Crippen molar-refractivity contribution in [2.24, 2.45) is 0 Å². The number of thiophene rings is 1. The predicted octanol–water partition coefficient (Wildman–Crippen LogP) is 3.48. The van der Waals surface area contributed by atoms with Crippen molar-refractivity contribution in [1.29, 1.82) is 0 Å². The smallest absolute Gasteiger partial charge is 0.256 e. The number of rotatable bonds is 3. The first-order chi connectivity index (χ1) is 13.6. The van der Waals surface area contributed by atoms with Crippen LogP contribution in [0.25, 0.3) is 11.3 Å². The number of furan rings is 1. The van der Waals surface area contributed by atoms with E-state index in [0.717, 1.165) is 47.9 Å². The van der Waals surface area contributed by atoms with Crippen molar-refractivity contribution < 1.29 is 14.1 Å². The number of fused-ring (bicyclic) bond motifs is 3. The third-order valence-electron chi connectivity index (χ3n) is 5.53. The Kier molecular flexibility index (Phi) is 4.42. The SMILES string of the molecule is CC[NH+]1CCc2c(sc3c2C(=O)N[C@@H](c2ccc(-c4cccc(Cl)c4)o2)N3)C1. The third kappa shape index (κ3) is 3.02. The summed E-state index contributed by atoms with van der Waals surface area (Å²) in [6.45, 7) is 5.42. The summed E-state index contributed by atoms with van der Waals surface area (Å²) in [5.41, 5.74) is 2.96. The van der Waals surface area contributed by atoms with Crippen molar-refractivity contribution in [3.63, 3.8) is 0 Å². The Balaban J connectivity index is 1.43. The van der Waals surface area contributed by atoms with E-state index >= 15 is 0 Å². The lowest BCUT2D eigenvalue weighted by atomic mass is 10.0. The molecule has 2 aliphatic rings. The Morgan fingerprint density at radius 1 is 1.29 bits per heavy atom. The summed E-state index contributed by atoms with van der Waals surface area (Å²) in [7, 11) is 0. The van der Waals surface area contributed by atoms with Crippen LogP contribution >= 0.6 is 22.9 Å². The summed E-state index contributed by atoms with van der Waals surface area (Å²) < 4.78 is 6.03. The van der Waals surface area contributed by atoms with E-state index < -0.39 is 0 Å². The van der Waals surface area contributed by atoms with E-state index in [4.69, 9.17) is 16.0 Å². The standard InChI is InChI=1S/C21H20ClN3O2S/c1-2-25-9-8-14-17(11-25)28-21-18(14)20(26)23-19(24-21)16-7-6-15(27-16)12-4-3-5-13(22)10-12/h3-7,10,19,24H,2,8-9,11H2,1H3,(H,23,26)/p+1/t19-/m1/s1. The number of carbonyl (C=O) groups is 1. The molecule has 0 spiro atoms. The molecule has 1 unspecified atom stereocenters. The largest absolute Gasteiger partial charge is 0.457 e. The molecule has 5 rings (SSSR count). The molecule has 144 valence electrons. The van der Waals surface area contributed by atoms with Gasteiger partial charge in [0.1, 0.15) is 23.1 Å². The van der Waals surface area contributed by atoms with Gasteiger partial charge in [0.25, 0.3) is 5.91 Å². The van der Waals surface area contributed by atoms with Crippen LogP contribution in [-0.4, -0.2) is 19.0 Å². The third-order valence-corrected chi connectivity index (χ3v) is 6.93. The zero-order chi connectivity index (χ0) is 19.3. The lowest BCUT2D eigenvalue weighted by Crippen LogP contribution is -3.11. The molecule has 2 aliphatic heterocycles. The minimum atomic E-state index is -0.373. The quantitative estimate of drug-likeness (QED) is 0.615. The lowest BCUT2D eigenvalue weighted by Gasteiger charge is -2.25. The maximum atomic E-state index is 12.9. The number of nitrogens with one attached hydrogen (secondary N) is 3. The highest BCUT2D eigenvalue weighted by atomic mass is 35.5. The summed E-state index contributed by atoms with van der Waals surface area (Å²) in [5.74, 6) is 1.39. The molecule has 3 N–H and O–H groups in total. The van der Waals surface area contributed by atoms with Crippen LogP contribution in [0.2, 0.25) is 5.02 Å². The number of halogens is 1. The van der Waals surface area contributed by atoms with Crippen LogP contribution < -0.4 is 15.5 Å².